The molecule has 4 heteroatoms. The number of rotatable bonds is 21. The molecule has 0 saturated carbocycles. The molecular weight excluding hydrogens is 548 g/mol. The number of sulfone groups is 1. The van der Waals surface area contributed by atoms with Crippen LogP contribution in [0.5, 0.6) is 0 Å². The Hall–Kier alpha value is -1.91. The van der Waals surface area contributed by atoms with Crippen molar-refractivity contribution < 1.29 is 13.5 Å². The van der Waals surface area contributed by atoms with E-state index in [1.807, 2.05) is 13.8 Å². The fraction of sp³-hybridized carbons (Fsp3) is 0.641. The summed E-state index contributed by atoms with van der Waals surface area (Å²) in [6, 6.07) is 0. The summed E-state index contributed by atoms with van der Waals surface area (Å²) in [7, 11) is -3.63. The molecule has 0 amide bonds. The van der Waals surface area contributed by atoms with Gasteiger partial charge in [0.15, 0.2) is 9.84 Å². The van der Waals surface area contributed by atoms with Gasteiger partial charge in [-0.25, -0.2) is 8.42 Å². The monoisotopic (exact) mass is 614 g/mol. The lowest BCUT2D eigenvalue weighted by molar-refractivity contribution is 0.0905. The SMILES string of the molecule is CCCCS(=O)(=O)/C(=C(/C)CCC=C(C)C)C(O)(CC=C(C)CCC=C(C)CCC=C(C)C)C/C=C(\C)CCC=C(C)C. The van der Waals surface area contributed by atoms with Crippen LogP contribution in [0.15, 0.2) is 80.4 Å². The average molecular weight is 615 g/mol. The third-order valence-electron chi connectivity index (χ3n) is 7.75. The molecule has 0 aromatic heterocycles. The maximum absolute atomic E-state index is 13.9. The van der Waals surface area contributed by atoms with Crippen LogP contribution in [0, 0.1) is 0 Å². The summed E-state index contributed by atoms with van der Waals surface area (Å²) in [6.07, 6.45) is 22.3. The van der Waals surface area contributed by atoms with E-state index >= 15 is 0 Å². The maximum Gasteiger partial charge on any atom is 0.177 e. The van der Waals surface area contributed by atoms with Gasteiger partial charge in [0.25, 0.3) is 0 Å². The fourth-order valence-electron chi connectivity index (χ4n) is 5.06. The second-order valence-electron chi connectivity index (χ2n) is 13.4. The number of hydrogen-bond acceptors (Lipinski definition) is 3. The van der Waals surface area contributed by atoms with Crippen molar-refractivity contribution >= 4 is 9.84 Å². The van der Waals surface area contributed by atoms with E-state index in [1.165, 1.54) is 33.4 Å². The van der Waals surface area contributed by atoms with E-state index in [-0.39, 0.29) is 10.7 Å². The molecule has 0 aliphatic heterocycles. The summed E-state index contributed by atoms with van der Waals surface area (Å²) in [5.74, 6) is 0.0733. The van der Waals surface area contributed by atoms with Crippen molar-refractivity contribution in [2.24, 2.45) is 0 Å². The van der Waals surface area contributed by atoms with Crippen LogP contribution in [0.4, 0.5) is 0 Å². The topological polar surface area (TPSA) is 54.4 Å². The smallest absolute Gasteiger partial charge is 0.177 e. The molecule has 3 nitrogen and oxygen atoms in total. The molecule has 43 heavy (non-hydrogen) atoms. The molecule has 0 fully saturated rings. The van der Waals surface area contributed by atoms with E-state index in [4.69, 9.17) is 0 Å². The molecule has 0 bridgehead atoms. The van der Waals surface area contributed by atoms with Crippen molar-refractivity contribution in [2.75, 3.05) is 5.75 Å². The Balaban J connectivity index is 6.39. The third-order valence-corrected chi connectivity index (χ3v) is 9.93. The highest BCUT2D eigenvalue weighted by Crippen LogP contribution is 2.36. The van der Waals surface area contributed by atoms with Crippen LogP contribution in [-0.4, -0.2) is 24.9 Å². The molecule has 0 saturated heterocycles. The molecule has 1 N–H and O–H groups in total. The molecule has 1 unspecified atom stereocenters. The molecule has 0 aliphatic rings. The molecular formula is C39H66O3S. The standard InChI is InChI=1S/C39H66O3S/c1-12-13-30-43(41,42)38(37(11)25-16-20-33(6)7)39(40,28-26-35(9)22-15-19-32(4)5)29-27-36(10)24-17-23-34(8)21-14-18-31(2)3/h18-20,23,26-27,40H,12-17,21-22,24-25,28-30H2,1-11H3/b34-23?,35-26+,36-27?,38-37-. The molecule has 1 atom stereocenters. The normalized spacial score (nSPS) is 15.0. The Morgan fingerprint density at radius 3 is 1.35 bits per heavy atom. The highest BCUT2D eigenvalue weighted by molar-refractivity contribution is 7.95. The Morgan fingerprint density at radius 2 is 0.953 bits per heavy atom. The van der Waals surface area contributed by atoms with Crippen LogP contribution >= 0.6 is 0 Å². The summed E-state index contributed by atoms with van der Waals surface area (Å²) < 4.78 is 27.8. The van der Waals surface area contributed by atoms with E-state index < -0.39 is 15.4 Å². The van der Waals surface area contributed by atoms with Crippen molar-refractivity contribution in [3.05, 3.63) is 80.4 Å². The minimum Gasteiger partial charge on any atom is -0.384 e. The molecule has 0 aromatic rings. The molecule has 0 rings (SSSR count). The Kier molecular flexibility index (Phi) is 20.8. The highest BCUT2D eigenvalue weighted by Gasteiger charge is 2.39. The Labute approximate surface area is 267 Å². The summed E-state index contributed by atoms with van der Waals surface area (Å²) in [5, 5.41) is 12.4. The second-order valence-corrected chi connectivity index (χ2v) is 15.4. The summed E-state index contributed by atoms with van der Waals surface area (Å²) in [5.41, 5.74) is 6.94. The van der Waals surface area contributed by atoms with Gasteiger partial charge < -0.3 is 5.11 Å². The maximum atomic E-state index is 13.9. The number of hydrogen-bond donors (Lipinski definition) is 1. The van der Waals surface area contributed by atoms with E-state index in [9.17, 15) is 13.5 Å². The van der Waals surface area contributed by atoms with Gasteiger partial charge in [-0.2, -0.15) is 0 Å². The minimum atomic E-state index is -3.63. The first kappa shape index (κ1) is 41.1. The van der Waals surface area contributed by atoms with E-state index in [1.54, 1.807) is 0 Å². The lowest BCUT2D eigenvalue weighted by Crippen LogP contribution is -2.36. The van der Waals surface area contributed by atoms with E-state index in [2.05, 4.69) is 98.8 Å². The van der Waals surface area contributed by atoms with Gasteiger partial charge in [0.05, 0.1) is 10.7 Å². The van der Waals surface area contributed by atoms with Crippen LogP contribution in [0.2, 0.25) is 0 Å². The molecule has 0 aliphatic carbocycles. The van der Waals surface area contributed by atoms with Gasteiger partial charge in [-0.1, -0.05) is 88.8 Å². The molecule has 0 aromatic carbocycles. The van der Waals surface area contributed by atoms with Crippen LogP contribution in [0.3, 0.4) is 0 Å². The molecule has 246 valence electrons. The Bertz CT molecular complexity index is 1160. The van der Waals surface area contributed by atoms with Gasteiger partial charge in [0, 0.05) is 0 Å². The van der Waals surface area contributed by atoms with Crippen LogP contribution in [0.1, 0.15) is 153 Å². The van der Waals surface area contributed by atoms with Crippen molar-refractivity contribution in [3.63, 3.8) is 0 Å². The summed E-state index contributed by atoms with van der Waals surface area (Å²) >= 11 is 0. The van der Waals surface area contributed by atoms with Gasteiger partial charge in [0.2, 0.25) is 0 Å². The quantitative estimate of drug-likeness (QED) is 0.131. The van der Waals surface area contributed by atoms with Gasteiger partial charge in [-0.15, -0.1) is 0 Å². The van der Waals surface area contributed by atoms with Crippen LogP contribution in [0.25, 0.3) is 0 Å². The fourth-order valence-corrected chi connectivity index (χ4v) is 7.32. The zero-order valence-electron chi connectivity index (χ0n) is 29.8. The van der Waals surface area contributed by atoms with E-state index in [0.29, 0.717) is 25.7 Å². The van der Waals surface area contributed by atoms with Crippen molar-refractivity contribution in [2.45, 2.75) is 159 Å². The zero-order chi connectivity index (χ0) is 33.1. The number of unbranched alkanes of at least 4 members (excludes halogenated alkanes) is 1. The van der Waals surface area contributed by atoms with Gasteiger partial charge in [0.1, 0.15) is 5.60 Å². The summed E-state index contributed by atoms with van der Waals surface area (Å²) in [6.45, 7) is 22.9. The van der Waals surface area contributed by atoms with Gasteiger partial charge in [-0.3, -0.25) is 0 Å². The number of allylic oxidation sites excluding steroid dienone is 11. The first-order valence-electron chi connectivity index (χ1n) is 16.6. The largest absolute Gasteiger partial charge is 0.384 e. The first-order chi connectivity index (χ1) is 20.0. The van der Waals surface area contributed by atoms with Gasteiger partial charge in [-0.05, 0) is 140 Å². The Morgan fingerprint density at radius 1 is 0.581 bits per heavy atom. The lowest BCUT2D eigenvalue weighted by atomic mass is 9.89. The average Bonchev–Trinajstić information content (AvgIpc) is 2.89. The minimum absolute atomic E-state index is 0.0733. The lowest BCUT2D eigenvalue weighted by Gasteiger charge is -2.31. The van der Waals surface area contributed by atoms with Crippen molar-refractivity contribution in [1.29, 1.82) is 0 Å². The highest BCUT2D eigenvalue weighted by atomic mass is 32.2. The van der Waals surface area contributed by atoms with Gasteiger partial charge >= 0.3 is 0 Å². The van der Waals surface area contributed by atoms with Crippen molar-refractivity contribution in [1.82, 2.24) is 0 Å². The van der Waals surface area contributed by atoms with Crippen LogP contribution < -0.4 is 0 Å². The van der Waals surface area contributed by atoms with Crippen molar-refractivity contribution in [3.8, 4) is 0 Å². The second kappa shape index (κ2) is 21.7. The van der Waals surface area contributed by atoms with Crippen LogP contribution in [-0.2, 0) is 9.84 Å². The first-order valence-corrected chi connectivity index (χ1v) is 18.2. The molecule has 0 radical (unpaired) electrons. The summed E-state index contributed by atoms with van der Waals surface area (Å²) in [4.78, 5) is 0.253. The predicted octanol–water partition coefficient (Wildman–Crippen LogP) is 11.8. The predicted molar refractivity (Wildman–Crippen MR) is 192 cm³/mol. The third kappa shape index (κ3) is 19.2. The molecule has 0 spiro atoms. The zero-order valence-corrected chi connectivity index (χ0v) is 30.6. The number of aliphatic hydroxyl groups is 1. The molecule has 0 heterocycles. The van der Waals surface area contributed by atoms with E-state index in [0.717, 1.165) is 56.9 Å².